The number of fused-ring (bicyclic) bond motifs is 1. The van der Waals surface area contributed by atoms with Crippen molar-refractivity contribution in [2.45, 2.75) is 52.6 Å². The first-order chi connectivity index (χ1) is 9.12. The highest BCUT2D eigenvalue weighted by atomic mass is 16.5. The lowest BCUT2D eigenvalue weighted by molar-refractivity contribution is 0.124. The molecule has 0 aliphatic carbocycles. The lowest BCUT2D eigenvalue weighted by atomic mass is 9.77. The maximum atomic E-state index is 6.14. The van der Waals surface area contributed by atoms with Gasteiger partial charge in [-0.15, -0.1) is 0 Å². The van der Waals surface area contributed by atoms with Crippen LogP contribution in [0.5, 0.6) is 5.75 Å². The van der Waals surface area contributed by atoms with Gasteiger partial charge in [-0.3, -0.25) is 0 Å². The molecular weight excluding hydrogens is 234 g/mol. The first-order valence-electron chi connectivity index (χ1n) is 7.53. The topological polar surface area (TPSA) is 21.3 Å². The van der Waals surface area contributed by atoms with Crippen LogP contribution < -0.4 is 10.1 Å². The van der Waals surface area contributed by atoms with Crippen molar-refractivity contribution in [1.29, 1.82) is 0 Å². The molecule has 2 heteroatoms. The summed E-state index contributed by atoms with van der Waals surface area (Å²) in [7, 11) is 2.05. The van der Waals surface area contributed by atoms with Gasteiger partial charge < -0.3 is 10.1 Å². The molecule has 2 rings (SSSR count). The van der Waals surface area contributed by atoms with Crippen LogP contribution in [0.3, 0.4) is 0 Å². The van der Waals surface area contributed by atoms with Gasteiger partial charge in [0.15, 0.2) is 0 Å². The van der Waals surface area contributed by atoms with Gasteiger partial charge in [-0.05, 0) is 50.3 Å². The van der Waals surface area contributed by atoms with Gasteiger partial charge in [0.1, 0.15) is 11.9 Å². The summed E-state index contributed by atoms with van der Waals surface area (Å²) in [6.07, 6.45) is 4.99. The van der Waals surface area contributed by atoms with Crippen LogP contribution in [0, 0.1) is 12.3 Å². The normalized spacial score (nSPS) is 18.2. The van der Waals surface area contributed by atoms with E-state index in [4.69, 9.17) is 4.74 Å². The second kappa shape index (κ2) is 5.96. The summed E-state index contributed by atoms with van der Waals surface area (Å²) >= 11 is 0. The lowest BCUT2D eigenvalue weighted by Crippen LogP contribution is -2.36. The fraction of sp³-hybridized carbons (Fsp3) is 0.647. The Labute approximate surface area is 117 Å². The minimum atomic E-state index is 0.352. The average molecular weight is 261 g/mol. The van der Waals surface area contributed by atoms with E-state index < -0.39 is 0 Å². The Morgan fingerprint density at radius 3 is 2.68 bits per heavy atom. The lowest BCUT2D eigenvalue weighted by Gasteiger charge is -2.33. The second-order valence-corrected chi connectivity index (χ2v) is 6.00. The van der Waals surface area contributed by atoms with Gasteiger partial charge in [0.2, 0.25) is 0 Å². The molecule has 1 aliphatic heterocycles. The monoisotopic (exact) mass is 261 g/mol. The minimum Gasteiger partial charge on any atom is -0.490 e. The Balaban J connectivity index is 2.06. The highest BCUT2D eigenvalue weighted by molar-refractivity contribution is 5.40. The number of aryl methyl sites for hydroxylation is 1. The summed E-state index contributed by atoms with van der Waals surface area (Å²) in [5, 5.41) is 3.36. The molecule has 2 nitrogen and oxygen atoms in total. The van der Waals surface area contributed by atoms with Gasteiger partial charge in [-0.25, -0.2) is 0 Å². The molecule has 0 radical (unpaired) electrons. The number of benzene rings is 1. The van der Waals surface area contributed by atoms with E-state index in [1.54, 1.807) is 0 Å². The fourth-order valence-corrected chi connectivity index (χ4v) is 3.28. The Hall–Kier alpha value is -1.02. The number of hydrogen-bond acceptors (Lipinski definition) is 2. The molecule has 1 aromatic carbocycles. The standard InChI is InChI=1S/C17H27NO/c1-5-17(6-2,12-18-4)11-15-10-14-9-13(3)7-8-16(14)19-15/h7-9,15,18H,5-6,10-12H2,1-4H3. The highest BCUT2D eigenvalue weighted by Gasteiger charge is 2.33. The van der Waals surface area contributed by atoms with E-state index in [1.807, 2.05) is 7.05 Å². The largest absolute Gasteiger partial charge is 0.490 e. The van der Waals surface area contributed by atoms with Crippen LogP contribution in [0.4, 0.5) is 0 Å². The van der Waals surface area contributed by atoms with Crippen LogP contribution in [0.15, 0.2) is 18.2 Å². The SMILES string of the molecule is CCC(CC)(CNC)CC1Cc2cc(C)ccc2O1. The summed E-state index contributed by atoms with van der Waals surface area (Å²) in [6.45, 7) is 7.83. The van der Waals surface area contributed by atoms with E-state index in [0.717, 1.165) is 25.1 Å². The zero-order valence-corrected chi connectivity index (χ0v) is 12.8. The molecule has 0 saturated heterocycles. The number of hydrogen-bond donors (Lipinski definition) is 1. The second-order valence-electron chi connectivity index (χ2n) is 6.00. The molecule has 1 unspecified atom stereocenters. The molecule has 106 valence electrons. The zero-order valence-electron chi connectivity index (χ0n) is 12.8. The number of rotatable bonds is 6. The predicted octanol–water partition coefficient (Wildman–Crippen LogP) is 3.71. The maximum absolute atomic E-state index is 6.14. The quantitative estimate of drug-likeness (QED) is 0.843. The van der Waals surface area contributed by atoms with Gasteiger partial charge in [0, 0.05) is 13.0 Å². The molecule has 1 heterocycles. The first-order valence-corrected chi connectivity index (χ1v) is 7.53. The van der Waals surface area contributed by atoms with Crippen molar-refractivity contribution >= 4 is 0 Å². The molecule has 1 N–H and O–H groups in total. The summed E-state index contributed by atoms with van der Waals surface area (Å²) in [5.41, 5.74) is 3.09. The van der Waals surface area contributed by atoms with Gasteiger partial charge in [-0.1, -0.05) is 31.5 Å². The van der Waals surface area contributed by atoms with E-state index in [0.29, 0.717) is 11.5 Å². The van der Waals surface area contributed by atoms with Crippen LogP contribution in [-0.2, 0) is 6.42 Å². The average Bonchev–Trinajstić information content (AvgIpc) is 2.79. The van der Waals surface area contributed by atoms with Crippen molar-refractivity contribution in [1.82, 2.24) is 5.32 Å². The molecule has 0 aromatic heterocycles. The van der Waals surface area contributed by atoms with Crippen LogP contribution in [0.2, 0.25) is 0 Å². The highest BCUT2D eigenvalue weighted by Crippen LogP contribution is 2.38. The number of ether oxygens (including phenoxy) is 1. The van der Waals surface area contributed by atoms with Crippen LogP contribution >= 0.6 is 0 Å². The minimum absolute atomic E-state index is 0.352. The van der Waals surface area contributed by atoms with Crippen molar-refractivity contribution in [3.63, 3.8) is 0 Å². The molecule has 0 spiro atoms. The van der Waals surface area contributed by atoms with E-state index in [9.17, 15) is 0 Å². The molecule has 19 heavy (non-hydrogen) atoms. The van der Waals surface area contributed by atoms with E-state index >= 15 is 0 Å². The van der Waals surface area contributed by atoms with Crippen molar-refractivity contribution in [3.05, 3.63) is 29.3 Å². The number of nitrogens with one attached hydrogen (secondary N) is 1. The third kappa shape index (κ3) is 3.11. The van der Waals surface area contributed by atoms with E-state index in [-0.39, 0.29) is 0 Å². The summed E-state index contributed by atoms with van der Waals surface area (Å²) in [4.78, 5) is 0. The summed E-state index contributed by atoms with van der Waals surface area (Å²) in [5.74, 6) is 1.10. The van der Waals surface area contributed by atoms with E-state index in [1.165, 1.54) is 24.0 Å². The molecule has 1 aromatic rings. The van der Waals surface area contributed by atoms with Crippen molar-refractivity contribution < 1.29 is 4.74 Å². The molecule has 1 atom stereocenters. The molecule has 0 bridgehead atoms. The zero-order chi connectivity index (χ0) is 13.9. The smallest absolute Gasteiger partial charge is 0.123 e. The van der Waals surface area contributed by atoms with Crippen LogP contribution in [0.25, 0.3) is 0 Å². The van der Waals surface area contributed by atoms with Crippen LogP contribution in [-0.4, -0.2) is 19.7 Å². The van der Waals surface area contributed by atoms with Gasteiger partial charge in [0.25, 0.3) is 0 Å². The van der Waals surface area contributed by atoms with E-state index in [2.05, 4.69) is 44.3 Å². The van der Waals surface area contributed by atoms with Gasteiger partial charge in [-0.2, -0.15) is 0 Å². The Morgan fingerprint density at radius 2 is 2.05 bits per heavy atom. The Kier molecular flexibility index (Phi) is 4.51. The van der Waals surface area contributed by atoms with Gasteiger partial charge >= 0.3 is 0 Å². The predicted molar refractivity (Wildman–Crippen MR) is 80.9 cm³/mol. The summed E-state index contributed by atoms with van der Waals surface area (Å²) in [6, 6.07) is 6.54. The molecule has 0 amide bonds. The third-order valence-corrected chi connectivity index (χ3v) is 4.67. The van der Waals surface area contributed by atoms with Crippen molar-refractivity contribution in [2.75, 3.05) is 13.6 Å². The van der Waals surface area contributed by atoms with Gasteiger partial charge in [0.05, 0.1) is 0 Å². The molecule has 1 aliphatic rings. The van der Waals surface area contributed by atoms with Crippen LogP contribution in [0.1, 0.15) is 44.2 Å². The first kappa shape index (κ1) is 14.4. The third-order valence-electron chi connectivity index (χ3n) is 4.67. The fourth-order valence-electron chi connectivity index (χ4n) is 3.28. The molecule has 0 fully saturated rings. The maximum Gasteiger partial charge on any atom is 0.123 e. The summed E-state index contributed by atoms with van der Waals surface area (Å²) < 4.78 is 6.14. The van der Waals surface area contributed by atoms with Crippen molar-refractivity contribution in [3.8, 4) is 5.75 Å². The molecule has 0 saturated carbocycles. The Bertz CT molecular complexity index is 423. The van der Waals surface area contributed by atoms with Crippen molar-refractivity contribution in [2.24, 2.45) is 5.41 Å². The molecular formula is C17H27NO. The Morgan fingerprint density at radius 1 is 1.32 bits per heavy atom.